The van der Waals surface area contributed by atoms with Gasteiger partial charge in [-0.15, -0.1) is 0 Å². The van der Waals surface area contributed by atoms with Crippen LogP contribution >= 0.6 is 0 Å². The highest BCUT2D eigenvalue weighted by Crippen LogP contribution is 2.17. The Bertz CT molecular complexity index is 919. The van der Waals surface area contributed by atoms with Crippen molar-refractivity contribution in [1.82, 2.24) is 15.2 Å². The molecule has 0 saturated carbocycles. The van der Waals surface area contributed by atoms with Gasteiger partial charge in [-0.2, -0.15) is 0 Å². The van der Waals surface area contributed by atoms with Crippen LogP contribution in [0.15, 0.2) is 59.7 Å². The van der Waals surface area contributed by atoms with Crippen molar-refractivity contribution < 1.29 is 9.13 Å². The molecule has 0 fully saturated rings. The maximum Gasteiger partial charge on any atom is 0.191 e. The third kappa shape index (κ3) is 4.78. The maximum absolute atomic E-state index is 13.7. The van der Waals surface area contributed by atoms with Gasteiger partial charge in [-0.05, 0) is 41.6 Å². The Hall–Kier alpha value is -3.02. The molecule has 0 saturated heterocycles. The van der Waals surface area contributed by atoms with E-state index in [0.717, 1.165) is 25.1 Å². The number of para-hydroxylation sites is 1. The number of aryl methyl sites for hydroxylation is 1. The second-order valence-corrected chi connectivity index (χ2v) is 6.24. The number of ether oxygens (including phenoxy) is 1. The van der Waals surface area contributed by atoms with Gasteiger partial charge in [0.2, 0.25) is 0 Å². The minimum atomic E-state index is -0.362. The fraction of sp³-hybridized carbons (Fsp3) is 0.286. The van der Waals surface area contributed by atoms with E-state index in [1.54, 1.807) is 13.1 Å². The van der Waals surface area contributed by atoms with Crippen LogP contribution in [0.2, 0.25) is 0 Å². The molecule has 0 unspecified atom stereocenters. The number of nitrogens with one attached hydrogen (secondary N) is 2. The minimum Gasteiger partial charge on any atom is -0.494 e. The summed E-state index contributed by atoms with van der Waals surface area (Å²) >= 11 is 0. The molecule has 3 aromatic rings. The Balaban J connectivity index is 1.44. The first-order valence-corrected chi connectivity index (χ1v) is 9.02. The molecule has 27 heavy (non-hydrogen) atoms. The second kappa shape index (κ2) is 9.07. The number of nitrogens with zero attached hydrogens (tertiary/aromatic N) is 2. The molecule has 0 spiro atoms. The first-order valence-electron chi connectivity index (χ1n) is 9.02. The summed E-state index contributed by atoms with van der Waals surface area (Å²) < 4.78 is 20.9. The lowest BCUT2D eigenvalue weighted by Crippen LogP contribution is -2.37. The number of hydrogen-bond donors (Lipinski definition) is 2. The van der Waals surface area contributed by atoms with Gasteiger partial charge in [0.15, 0.2) is 17.5 Å². The van der Waals surface area contributed by atoms with E-state index in [1.165, 1.54) is 24.1 Å². The van der Waals surface area contributed by atoms with Crippen LogP contribution in [0.25, 0.3) is 10.9 Å². The zero-order valence-corrected chi connectivity index (χ0v) is 15.7. The lowest BCUT2D eigenvalue weighted by atomic mass is 10.2. The zero-order valence-electron chi connectivity index (χ0n) is 15.7. The van der Waals surface area contributed by atoms with Gasteiger partial charge in [-0.3, -0.25) is 4.99 Å². The first kappa shape index (κ1) is 18.8. The predicted molar refractivity (Wildman–Crippen MR) is 108 cm³/mol. The van der Waals surface area contributed by atoms with Gasteiger partial charge in [-0.25, -0.2) is 4.39 Å². The molecular weight excluding hydrogens is 343 g/mol. The number of benzene rings is 2. The summed E-state index contributed by atoms with van der Waals surface area (Å²) in [6, 6.07) is 15.4. The van der Waals surface area contributed by atoms with Crippen molar-refractivity contribution in [2.45, 2.75) is 19.5 Å². The second-order valence-electron chi connectivity index (χ2n) is 6.24. The highest BCUT2D eigenvalue weighted by atomic mass is 19.1. The summed E-state index contributed by atoms with van der Waals surface area (Å²) in [5.74, 6) is 0.584. The van der Waals surface area contributed by atoms with Crippen LogP contribution in [-0.2, 0) is 13.1 Å². The Kier molecular flexibility index (Phi) is 6.30. The number of halogens is 1. The van der Waals surface area contributed by atoms with Gasteiger partial charge in [0, 0.05) is 38.4 Å². The van der Waals surface area contributed by atoms with E-state index in [1.807, 2.05) is 6.07 Å². The van der Waals surface area contributed by atoms with E-state index in [2.05, 4.69) is 56.7 Å². The predicted octanol–water partition coefficient (Wildman–Crippen LogP) is 3.54. The summed E-state index contributed by atoms with van der Waals surface area (Å²) in [6.07, 6.45) is 3.09. The molecule has 142 valence electrons. The van der Waals surface area contributed by atoms with E-state index in [4.69, 9.17) is 4.74 Å². The van der Waals surface area contributed by atoms with Crippen molar-refractivity contribution in [1.29, 1.82) is 0 Å². The third-order valence-corrected chi connectivity index (χ3v) is 4.45. The number of guanidine groups is 1. The number of aliphatic imine (C=N–C) groups is 1. The van der Waals surface area contributed by atoms with Crippen molar-refractivity contribution in [3.63, 3.8) is 0 Å². The Morgan fingerprint density at radius 3 is 2.78 bits per heavy atom. The smallest absolute Gasteiger partial charge is 0.191 e. The molecule has 2 aromatic carbocycles. The van der Waals surface area contributed by atoms with E-state index >= 15 is 0 Å². The molecule has 0 aliphatic heterocycles. The van der Waals surface area contributed by atoms with Gasteiger partial charge in [0.1, 0.15) is 0 Å². The van der Waals surface area contributed by atoms with Crippen LogP contribution in [0.3, 0.4) is 0 Å². The number of methoxy groups -OCH3 is 1. The molecule has 0 bridgehead atoms. The molecule has 5 nitrogen and oxygen atoms in total. The number of fused-ring (bicyclic) bond motifs is 1. The zero-order chi connectivity index (χ0) is 19.1. The fourth-order valence-electron chi connectivity index (χ4n) is 3.02. The molecule has 2 N–H and O–H groups in total. The van der Waals surface area contributed by atoms with E-state index in [-0.39, 0.29) is 11.6 Å². The van der Waals surface area contributed by atoms with Crippen LogP contribution in [0, 0.1) is 5.82 Å². The largest absolute Gasteiger partial charge is 0.494 e. The van der Waals surface area contributed by atoms with Crippen molar-refractivity contribution >= 4 is 16.9 Å². The minimum absolute atomic E-state index is 0.249. The Labute approximate surface area is 158 Å². The molecule has 0 aliphatic carbocycles. The molecule has 1 heterocycles. The van der Waals surface area contributed by atoms with Gasteiger partial charge < -0.3 is 19.9 Å². The number of rotatable bonds is 7. The van der Waals surface area contributed by atoms with Crippen molar-refractivity contribution in [3.8, 4) is 5.75 Å². The fourth-order valence-corrected chi connectivity index (χ4v) is 3.02. The molecule has 0 amide bonds. The molecule has 1 aromatic heterocycles. The van der Waals surface area contributed by atoms with Crippen molar-refractivity contribution in [2.75, 3.05) is 20.7 Å². The average Bonchev–Trinajstić information content (AvgIpc) is 3.11. The number of hydrogen-bond acceptors (Lipinski definition) is 2. The lowest BCUT2D eigenvalue weighted by molar-refractivity contribution is 0.386. The monoisotopic (exact) mass is 368 g/mol. The molecule has 0 aliphatic rings. The summed E-state index contributed by atoms with van der Waals surface area (Å²) in [4.78, 5) is 4.21. The first-order chi connectivity index (χ1) is 13.2. The van der Waals surface area contributed by atoms with Gasteiger partial charge in [0.25, 0.3) is 0 Å². The van der Waals surface area contributed by atoms with Crippen molar-refractivity contribution in [3.05, 3.63) is 66.1 Å². The molecular formula is C21H25FN4O. The summed E-state index contributed by atoms with van der Waals surface area (Å²) in [6.45, 7) is 2.22. The summed E-state index contributed by atoms with van der Waals surface area (Å²) in [5, 5.41) is 7.75. The van der Waals surface area contributed by atoms with Crippen LogP contribution < -0.4 is 15.4 Å². The highest BCUT2D eigenvalue weighted by molar-refractivity contribution is 5.80. The van der Waals surface area contributed by atoms with E-state index in [9.17, 15) is 4.39 Å². The quantitative estimate of drug-likeness (QED) is 0.381. The van der Waals surface area contributed by atoms with Crippen LogP contribution in [0.1, 0.15) is 12.0 Å². The highest BCUT2D eigenvalue weighted by Gasteiger charge is 2.05. The average molecular weight is 368 g/mol. The molecule has 0 radical (unpaired) electrons. The summed E-state index contributed by atoms with van der Waals surface area (Å²) in [7, 11) is 3.18. The summed E-state index contributed by atoms with van der Waals surface area (Å²) in [5.41, 5.74) is 2.08. The van der Waals surface area contributed by atoms with Crippen LogP contribution in [0.5, 0.6) is 5.75 Å². The topological polar surface area (TPSA) is 50.6 Å². The van der Waals surface area contributed by atoms with Crippen LogP contribution in [0.4, 0.5) is 4.39 Å². The number of aromatic nitrogens is 1. The van der Waals surface area contributed by atoms with Gasteiger partial charge in [-0.1, -0.05) is 24.3 Å². The lowest BCUT2D eigenvalue weighted by Gasteiger charge is -2.13. The molecule has 6 heteroatoms. The standard InChI is InChI=1S/C21H25FN4O/c1-23-21(25-15-16-8-9-20(27-2)18(22)14-16)24-11-5-12-26-13-10-17-6-3-4-7-19(17)26/h3-4,6-10,13-14H,5,11-12,15H2,1-2H3,(H2,23,24,25). The SMILES string of the molecule is CN=C(NCCCn1ccc2ccccc21)NCc1ccc(OC)c(F)c1. The normalized spacial score (nSPS) is 11.6. The molecule has 3 rings (SSSR count). The van der Waals surface area contributed by atoms with E-state index in [0.29, 0.717) is 12.5 Å². The van der Waals surface area contributed by atoms with Gasteiger partial charge >= 0.3 is 0 Å². The molecule has 0 atom stereocenters. The van der Waals surface area contributed by atoms with Crippen molar-refractivity contribution in [2.24, 2.45) is 4.99 Å². The third-order valence-electron chi connectivity index (χ3n) is 4.45. The maximum atomic E-state index is 13.7. The van der Waals surface area contributed by atoms with Crippen LogP contribution in [-0.4, -0.2) is 31.2 Å². The van der Waals surface area contributed by atoms with E-state index < -0.39 is 0 Å². The Morgan fingerprint density at radius 1 is 1.15 bits per heavy atom. The Morgan fingerprint density at radius 2 is 2.00 bits per heavy atom. The van der Waals surface area contributed by atoms with Gasteiger partial charge in [0.05, 0.1) is 7.11 Å².